The highest BCUT2D eigenvalue weighted by Gasteiger charge is 2.23. The molecule has 194 valence electrons. The molecule has 6 rings (SSSR count). The van der Waals surface area contributed by atoms with E-state index >= 15 is 0 Å². The van der Waals surface area contributed by atoms with Crippen molar-refractivity contribution in [1.82, 2.24) is 19.6 Å². The van der Waals surface area contributed by atoms with E-state index in [-0.39, 0.29) is 11.7 Å². The van der Waals surface area contributed by atoms with Crippen molar-refractivity contribution in [3.05, 3.63) is 54.0 Å². The first-order valence-electron chi connectivity index (χ1n) is 13.1. The second-order valence-electron chi connectivity index (χ2n) is 10.2. The van der Waals surface area contributed by atoms with Gasteiger partial charge in [0.2, 0.25) is 0 Å². The summed E-state index contributed by atoms with van der Waals surface area (Å²) in [5, 5.41) is 6.58. The number of thiazole rings is 1. The van der Waals surface area contributed by atoms with Crippen LogP contribution in [0.3, 0.4) is 0 Å². The summed E-state index contributed by atoms with van der Waals surface area (Å²) in [4.78, 5) is 20.9. The maximum Gasteiger partial charge on any atom is 0.253 e. The predicted octanol–water partition coefficient (Wildman–Crippen LogP) is 5.73. The Hall–Kier alpha value is -3.04. The number of fused-ring (bicyclic) bond motifs is 3. The smallest absolute Gasteiger partial charge is 0.253 e. The summed E-state index contributed by atoms with van der Waals surface area (Å²) in [6, 6.07) is 10.6. The molecule has 3 heterocycles. The maximum absolute atomic E-state index is 14.3. The Labute approximate surface area is 218 Å². The fraction of sp³-hybridized carbons (Fsp3) is 0.429. The molecule has 4 aromatic rings. The Bertz CT molecular complexity index is 1420. The van der Waals surface area contributed by atoms with Gasteiger partial charge in [-0.25, -0.2) is 13.8 Å². The molecular weight excluding hydrogens is 492 g/mol. The lowest BCUT2D eigenvalue weighted by Gasteiger charge is -2.28. The van der Waals surface area contributed by atoms with Crippen LogP contribution in [0, 0.1) is 11.7 Å². The molecule has 6 nitrogen and oxygen atoms in total. The summed E-state index contributed by atoms with van der Waals surface area (Å²) in [5.41, 5.74) is 3.45. The molecule has 0 unspecified atom stereocenters. The van der Waals surface area contributed by atoms with Crippen LogP contribution >= 0.6 is 11.3 Å². The van der Waals surface area contributed by atoms with Gasteiger partial charge in [-0.3, -0.25) is 9.20 Å². The molecule has 1 aliphatic heterocycles. The standard InChI is InChI=1S/C28H31F2N5OS/c29-19-8-12-34(13-9-19)11-3-10-31-27(36)21-14-26-25(15-23(21)32-16-18-6-7-18)35-17-24(33-28(35)37-26)20-4-1-2-5-22(20)30/h1-2,4-5,14-15,17-19,32H,3,6-13,16H2,(H,31,36). The highest BCUT2D eigenvalue weighted by molar-refractivity contribution is 7.23. The van der Waals surface area contributed by atoms with Gasteiger partial charge >= 0.3 is 0 Å². The second-order valence-corrected chi connectivity index (χ2v) is 11.2. The number of imidazole rings is 1. The Morgan fingerprint density at radius 3 is 2.73 bits per heavy atom. The fourth-order valence-corrected chi connectivity index (χ4v) is 6.01. The van der Waals surface area contributed by atoms with Gasteiger partial charge in [-0.05, 0) is 68.8 Å². The van der Waals surface area contributed by atoms with Crippen LogP contribution in [0.2, 0.25) is 0 Å². The minimum atomic E-state index is -0.668. The number of carbonyl (C=O) groups excluding carboxylic acids is 1. The first-order chi connectivity index (χ1) is 18.0. The van der Waals surface area contributed by atoms with Gasteiger partial charge in [0.25, 0.3) is 5.91 Å². The number of piperidine rings is 1. The monoisotopic (exact) mass is 523 g/mol. The van der Waals surface area contributed by atoms with Crippen molar-refractivity contribution < 1.29 is 13.6 Å². The van der Waals surface area contributed by atoms with Crippen LogP contribution in [0.5, 0.6) is 0 Å². The first-order valence-corrected chi connectivity index (χ1v) is 14.0. The van der Waals surface area contributed by atoms with Gasteiger partial charge in [-0.1, -0.05) is 23.5 Å². The SMILES string of the molecule is O=C(NCCCN1CCC(F)CC1)c1cc2sc3nc(-c4ccccc4F)cn3c2cc1NCC1CC1. The zero-order chi connectivity index (χ0) is 25.4. The van der Waals surface area contributed by atoms with Gasteiger partial charge in [0.05, 0.1) is 21.5 Å². The quantitative estimate of drug-likeness (QED) is 0.275. The zero-order valence-corrected chi connectivity index (χ0v) is 21.5. The number of rotatable bonds is 9. The third-order valence-corrected chi connectivity index (χ3v) is 8.38. The fourth-order valence-electron chi connectivity index (χ4n) is 4.98. The Balaban J connectivity index is 1.21. The molecule has 1 amide bonds. The van der Waals surface area contributed by atoms with E-state index in [4.69, 9.17) is 0 Å². The molecule has 1 aliphatic carbocycles. The number of amides is 1. The Kier molecular flexibility index (Phi) is 6.82. The van der Waals surface area contributed by atoms with E-state index in [0.717, 1.165) is 53.5 Å². The van der Waals surface area contributed by atoms with Crippen molar-refractivity contribution in [2.75, 3.05) is 38.0 Å². The van der Waals surface area contributed by atoms with Crippen LogP contribution in [0.1, 0.15) is 42.5 Å². The van der Waals surface area contributed by atoms with Crippen LogP contribution in [0.15, 0.2) is 42.6 Å². The maximum atomic E-state index is 14.3. The molecule has 0 atom stereocenters. The average Bonchev–Trinajstić information content (AvgIpc) is 3.55. The van der Waals surface area contributed by atoms with Crippen LogP contribution in [-0.4, -0.2) is 59.1 Å². The lowest BCUT2D eigenvalue weighted by molar-refractivity contribution is 0.0950. The van der Waals surface area contributed by atoms with E-state index in [0.29, 0.717) is 42.1 Å². The average molecular weight is 524 g/mol. The third kappa shape index (κ3) is 5.33. The molecule has 1 saturated heterocycles. The molecule has 0 spiro atoms. The van der Waals surface area contributed by atoms with Crippen molar-refractivity contribution in [2.45, 2.75) is 38.3 Å². The van der Waals surface area contributed by atoms with Gasteiger partial charge in [0, 0.05) is 43.6 Å². The van der Waals surface area contributed by atoms with Crippen molar-refractivity contribution in [1.29, 1.82) is 0 Å². The normalized spacial score (nSPS) is 17.0. The minimum Gasteiger partial charge on any atom is -0.384 e. The number of alkyl halides is 1. The highest BCUT2D eigenvalue weighted by atomic mass is 32.1. The number of carbonyl (C=O) groups is 1. The molecule has 0 radical (unpaired) electrons. The molecule has 1 saturated carbocycles. The summed E-state index contributed by atoms with van der Waals surface area (Å²) in [6.45, 7) is 3.87. The van der Waals surface area contributed by atoms with Crippen molar-refractivity contribution in [3.63, 3.8) is 0 Å². The number of hydrogen-bond acceptors (Lipinski definition) is 5. The van der Waals surface area contributed by atoms with Gasteiger partial charge in [-0.15, -0.1) is 0 Å². The van der Waals surface area contributed by atoms with Gasteiger partial charge in [-0.2, -0.15) is 0 Å². The molecule has 2 N–H and O–H groups in total. The molecule has 2 aliphatic rings. The molecular formula is C28H31F2N5OS. The number of hydrogen-bond donors (Lipinski definition) is 2. The number of benzene rings is 2. The van der Waals surface area contributed by atoms with E-state index in [9.17, 15) is 13.6 Å². The zero-order valence-electron chi connectivity index (χ0n) is 20.7. The summed E-state index contributed by atoms with van der Waals surface area (Å²) < 4.78 is 30.6. The van der Waals surface area contributed by atoms with E-state index in [1.54, 1.807) is 18.2 Å². The lowest BCUT2D eigenvalue weighted by atomic mass is 10.1. The van der Waals surface area contributed by atoms with Crippen LogP contribution in [0.25, 0.3) is 26.4 Å². The van der Waals surface area contributed by atoms with Crippen LogP contribution in [0.4, 0.5) is 14.5 Å². The highest BCUT2D eigenvalue weighted by Crippen LogP contribution is 2.35. The number of nitrogens with zero attached hydrogens (tertiary/aromatic N) is 3. The molecule has 9 heteroatoms. The molecule has 2 fully saturated rings. The van der Waals surface area contributed by atoms with Crippen molar-refractivity contribution >= 4 is 38.1 Å². The van der Waals surface area contributed by atoms with E-state index in [2.05, 4.69) is 20.5 Å². The Morgan fingerprint density at radius 2 is 1.95 bits per heavy atom. The van der Waals surface area contributed by atoms with Crippen LogP contribution in [-0.2, 0) is 0 Å². The van der Waals surface area contributed by atoms with E-state index < -0.39 is 6.17 Å². The minimum absolute atomic E-state index is 0.0965. The van der Waals surface area contributed by atoms with Gasteiger partial charge < -0.3 is 15.5 Å². The van der Waals surface area contributed by atoms with Crippen molar-refractivity contribution in [2.24, 2.45) is 5.92 Å². The number of likely N-dealkylation sites (tertiary alicyclic amines) is 1. The lowest BCUT2D eigenvalue weighted by Crippen LogP contribution is -2.36. The number of halogens is 2. The van der Waals surface area contributed by atoms with E-state index in [1.165, 1.54) is 30.2 Å². The molecule has 0 bridgehead atoms. The number of anilines is 1. The molecule has 2 aromatic heterocycles. The summed E-state index contributed by atoms with van der Waals surface area (Å²) >= 11 is 1.49. The number of nitrogens with one attached hydrogen (secondary N) is 2. The summed E-state index contributed by atoms with van der Waals surface area (Å²) in [5.74, 6) is 0.263. The first kappa shape index (κ1) is 24.3. The Morgan fingerprint density at radius 1 is 1.14 bits per heavy atom. The largest absolute Gasteiger partial charge is 0.384 e. The number of aromatic nitrogens is 2. The van der Waals surface area contributed by atoms with Gasteiger partial charge in [0.15, 0.2) is 4.96 Å². The third-order valence-electron chi connectivity index (χ3n) is 7.36. The van der Waals surface area contributed by atoms with Crippen molar-refractivity contribution in [3.8, 4) is 11.3 Å². The summed E-state index contributed by atoms with van der Waals surface area (Å²) in [6.07, 6.45) is 5.67. The topological polar surface area (TPSA) is 61.7 Å². The summed E-state index contributed by atoms with van der Waals surface area (Å²) in [7, 11) is 0. The molecule has 37 heavy (non-hydrogen) atoms. The molecule has 2 aromatic carbocycles. The van der Waals surface area contributed by atoms with E-state index in [1.807, 2.05) is 22.7 Å². The second kappa shape index (κ2) is 10.4. The van der Waals surface area contributed by atoms with Gasteiger partial charge in [0.1, 0.15) is 12.0 Å². The van der Waals surface area contributed by atoms with Crippen LogP contribution < -0.4 is 10.6 Å². The predicted molar refractivity (Wildman–Crippen MR) is 145 cm³/mol.